The fourth-order valence-electron chi connectivity index (χ4n) is 1.87. The molecule has 20 heavy (non-hydrogen) atoms. The molecule has 4 heteroatoms. The van der Waals surface area contributed by atoms with E-state index in [0.29, 0.717) is 5.56 Å². The number of rotatable bonds is 8. The summed E-state index contributed by atoms with van der Waals surface area (Å²) in [5.41, 5.74) is 5.94. The second-order valence-corrected chi connectivity index (χ2v) is 5.50. The van der Waals surface area contributed by atoms with Gasteiger partial charge in [-0.1, -0.05) is 20.3 Å². The molecule has 4 N–H and O–H groups in total. The van der Waals surface area contributed by atoms with Gasteiger partial charge in [-0.05, 0) is 37.6 Å². The molecule has 4 nitrogen and oxygen atoms in total. The summed E-state index contributed by atoms with van der Waals surface area (Å²) in [4.78, 5) is 12.3. The Morgan fingerprint density at radius 3 is 2.50 bits per heavy atom. The topological polar surface area (TPSA) is 75.3 Å². The van der Waals surface area contributed by atoms with Crippen LogP contribution in [-0.4, -0.2) is 29.6 Å². The number of ketones is 1. The van der Waals surface area contributed by atoms with Crippen LogP contribution in [0.5, 0.6) is 0 Å². The molecule has 1 aromatic rings. The molecule has 0 aliphatic heterocycles. The average molecular weight is 278 g/mol. The molecule has 0 saturated heterocycles. The zero-order valence-corrected chi connectivity index (χ0v) is 12.6. The van der Waals surface area contributed by atoms with Gasteiger partial charge in [0.05, 0.1) is 5.60 Å². The standard InChI is InChI=1S/C16H26N2O2/c1-4-5-10-18-14-8-6-13(7-9-14)15(19)12(2)16(3,20)11-17/h6-9,12,18,20H,4-5,10-11,17H2,1-3H3. The van der Waals surface area contributed by atoms with Crippen LogP contribution in [0.2, 0.25) is 0 Å². The van der Waals surface area contributed by atoms with Crippen LogP contribution in [0.1, 0.15) is 44.0 Å². The molecule has 0 heterocycles. The summed E-state index contributed by atoms with van der Waals surface area (Å²) < 4.78 is 0. The first-order chi connectivity index (χ1) is 9.42. The Bertz CT molecular complexity index is 427. The van der Waals surface area contributed by atoms with Crippen molar-refractivity contribution in [3.05, 3.63) is 29.8 Å². The number of nitrogens with two attached hydrogens (primary N) is 1. The average Bonchev–Trinajstić information content (AvgIpc) is 2.46. The third-order valence-corrected chi connectivity index (χ3v) is 3.77. The molecule has 0 amide bonds. The van der Waals surface area contributed by atoms with Gasteiger partial charge < -0.3 is 16.2 Å². The second kappa shape index (κ2) is 7.41. The fourth-order valence-corrected chi connectivity index (χ4v) is 1.87. The summed E-state index contributed by atoms with van der Waals surface area (Å²) in [6, 6.07) is 7.37. The van der Waals surface area contributed by atoms with Crippen LogP contribution < -0.4 is 11.1 Å². The zero-order valence-electron chi connectivity index (χ0n) is 12.6. The van der Waals surface area contributed by atoms with Crippen LogP contribution in [0.15, 0.2) is 24.3 Å². The predicted molar refractivity (Wildman–Crippen MR) is 83.0 cm³/mol. The van der Waals surface area contributed by atoms with Crippen molar-refractivity contribution in [3.63, 3.8) is 0 Å². The van der Waals surface area contributed by atoms with E-state index in [1.54, 1.807) is 26.0 Å². The predicted octanol–water partition coefficient (Wildman–Crippen LogP) is 2.43. The Hall–Kier alpha value is -1.39. The highest BCUT2D eigenvalue weighted by Crippen LogP contribution is 2.21. The molecule has 1 rings (SSSR count). The number of nitrogens with one attached hydrogen (secondary N) is 1. The number of aliphatic hydroxyl groups is 1. The van der Waals surface area contributed by atoms with Crippen LogP contribution in [-0.2, 0) is 0 Å². The molecule has 112 valence electrons. The van der Waals surface area contributed by atoms with E-state index in [2.05, 4.69) is 12.2 Å². The van der Waals surface area contributed by atoms with E-state index in [1.807, 2.05) is 12.1 Å². The van der Waals surface area contributed by atoms with Crippen molar-refractivity contribution in [1.82, 2.24) is 0 Å². The first-order valence-electron chi connectivity index (χ1n) is 7.23. The molecule has 0 aliphatic carbocycles. The highest BCUT2D eigenvalue weighted by atomic mass is 16.3. The highest BCUT2D eigenvalue weighted by Gasteiger charge is 2.32. The summed E-state index contributed by atoms with van der Waals surface area (Å²) in [5.74, 6) is -0.605. The van der Waals surface area contributed by atoms with Crippen LogP contribution in [0.4, 0.5) is 5.69 Å². The first-order valence-corrected chi connectivity index (χ1v) is 7.23. The molecule has 2 atom stereocenters. The zero-order chi connectivity index (χ0) is 15.2. The van der Waals surface area contributed by atoms with Gasteiger partial charge in [-0.25, -0.2) is 0 Å². The minimum atomic E-state index is -1.17. The monoisotopic (exact) mass is 278 g/mol. The van der Waals surface area contributed by atoms with E-state index in [0.717, 1.165) is 25.1 Å². The van der Waals surface area contributed by atoms with Gasteiger partial charge in [-0.15, -0.1) is 0 Å². The maximum Gasteiger partial charge on any atom is 0.168 e. The molecule has 1 aromatic carbocycles. The Morgan fingerprint density at radius 2 is 2.00 bits per heavy atom. The third kappa shape index (κ3) is 4.32. The number of anilines is 1. The second-order valence-electron chi connectivity index (χ2n) is 5.50. The quantitative estimate of drug-likeness (QED) is 0.504. The largest absolute Gasteiger partial charge is 0.388 e. The van der Waals surface area contributed by atoms with Gasteiger partial charge in [0.1, 0.15) is 0 Å². The number of carbonyl (C=O) groups excluding carboxylic acids is 1. The van der Waals surface area contributed by atoms with Gasteiger partial charge in [-0.3, -0.25) is 4.79 Å². The third-order valence-electron chi connectivity index (χ3n) is 3.77. The summed E-state index contributed by atoms with van der Waals surface area (Å²) >= 11 is 0. The highest BCUT2D eigenvalue weighted by molar-refractivity contribution is 5.98. The fraction of sp³-hybridized carbons (Fsp3) is 0.562. The molecule has 2 unspecified atom stereocenters. The van der Waals surface area contributed by atoms with Crippen molar-refractivity contribution >= 4 is 11.5 Å². The maximum absolute atomic E-state index is 12.3. The van der Waals surface area contributed by atoms with E-state index in [4.69, 9.17) is 5.73 Å². The van der Waals surface area contributed by atoms with E-state index in [9.17, 15) is 9.90 Å². The van der Waals surface area contributed by atoms with Crippen molar-refractivity contribution in [2.24, 2.45) is 11.7 Å². The van der Waals surface area contributed by atoms with Crippen molar-refractivity contribution < 1.29 is 9.90 Å². The Balaban J connectivity index is 2.70. The number of benzene rings is 1. The molecule has 0 fully saturated rings. The molecule has 0 aromatic heterocycles. The summed E-state index contributed by atoms with van der Waals surface area (Å²) in [5, 5.41) is 13.4. The normalized spacial score (nSPS) is 15.4. The SMILES string of the molecule is CCCCNc1ccc(C(=O)C(C)C(C)(O)CN)cc1. The number of Topliss-reactive ketones (excluding diaryl/α,β-unsaturated/α-hetero) is 1. The van der Waals surface area contributed by atoms with Crippen molar-refractivity contribution in [2.45, 2.75) is 39.2 Å². The Kier molecular flexibility index (Phi) is 6.17. The number of carbonyl (C=O) groups is 1. The van der Waals surface area contributed by atoms with Gasteiger partial charge in [0.25, 0.3) is 0 Å². The van der Waals surface area contributed by atoms with E-state index >= 15 is 0 Å². The van der Waals surface area contributed by atoms with Gasteiger partial charge in [0.2, 0.25) is 0 Å². The molecule has 0 radical (unpaired) electrons. The lowest BCUT2D eigenvalue weighted by Crippen LogP contribution is -2.44. The molecular weight excluding hydrogens is 252 g/mol. The molecule has 0 spiro atoms. The van der Waals surface area contributed by atoms with Crippen LogP contribution in [0.25, 0.3) is 0 Å². The van der Waals surface area contributed by atoms with Crippen LogP contribution in [0, 0.1) is 5.92 Å². The summed E-state index contributed by atoms with van der Waals surface area (Å²) in [6.45, 7) is 6.45. The van der Waals surface area contributed by atoms with Crippen molar-refractivity contribution in [2.75, 3.05) is 18.4 Å². The lowest BCUT2D eigenvalue weighted by atomic mass is 9.84. The molecule has 0 saturated carbocycles. The maximum atomic E-state index is 12.3. The molecule has 0 aliphatic rings. The van der Waals surface area contributed by atoms with Crippen molar-refractivity contribution in [1.29, 1.82) is 0 Å². The molecular formula is C16H26N2O2. The molecule has 0 bridgehead atoms. The smallest absolute Gasteiger partial charge is 0.168 e. The van der Waals surface area contributed by atoms with Crippen molar-refractivity contribution in [3.8, 4) is 0 Å². The van der Waals surface area contributed by atoms with Crippen LogP contribution in [0.3, 0.4) is 0 Å². The minimum absolute atomic E-state index is 0.0660. The summed E-state index contributed by atoms with van der Waals surface area (Å²) in [7, 11) is 0. The van der Waals surface area contributed by atoms with Gasteiger partial charge in [-0.2, -0.15) is 0 Å². The number of unbranched alkanes of at least 4 members (excludes halogenated alkanes) is 1. The van der Waals surface area contributed by atoms with E-state index in [1.165, 1.54) is 0 Å². The van der Waals surface area contributed by atoms with E-state index < -0.39 is 11.5 Å². The first kappa shape index (κ1) is 16.7. The number of hydrogen-bond donors (Lipinski definition) is 3. The Labute approximate surface area is 121 Å². The van der Waals surface area contributed by atoms with Gasteiger partial charge >= 0.3 is 0 Å². The minimum Gasteiger partial charge on any atom is -0.388 e. The lowest BCUT2D eigenvalue weighted by Gasteiger charge is -2.27. The van der Waals surface area contributed by atoms with E-state index in [-0.39, 0.29) is 12.3 Å². The summed E-state index contributed by atoms with van der Waals surface area (Å²) in [6.07, 6.45) is 2.27. The Morgan fingerprint density at radius 1 is 1.40 bits per heavy atom. The lowest BCUT2D eigenvalue weighted by molar-refractivity contribution is 0.0175. The van der Waals surface area contributed by atoms with Gasteiger partial charge in [0.15, 0.2) is 5.78 Å². The van der Waals surface area contributed by atoms with Gasteiger partial charge in [0, 0.05) is 30.3 Å². The van der Waals surface area contributed by atoms with Crippen LogP contribution >= 0.6 is 0 Å². The number of hydrogen-bond acceptors (Lipinski definition) is 4.